The number of para-hydroxylation sites is 1. The molecule has 1 aromatic heterocycles. The van der Waals surface area contributed by atoms with Crippen molar-refractivity contribution in [2.75, 3.05) is 50.1 Å². The molecule has 36 heavy (non-hydrogen) atoms. The van der Waals surface area contributed by atoms with Gasteiger partial charge >= 0.3 is 6.09 Å². The van der Waals surface area contributed by atoms with Crippen molar-refractivity contribution in [2.45, 2.75) is 26.7 Å². The van der Waals surface area contributed by atoms with Gasteiger partial charge in [-0.25, -0.2) is 4.79 Å². The number of amides is 2. The number of hydrogen-bond acceptors (Lipinski definition) is 7. The van der Waals surface area contributed by atoms with Crippen molar-refractivity contribution in [3.05, 3.63) is 48.5 Å². The lowest BCUT2D eigenvalue weighted by Crippen LogP contribution is -2.49. The second-order valence-corrected chi connectivity index (χ2v) is 8.64. The lowest BCUT2D eigenvalue weighted by atomic mass is 10.00. The fraction of sp³-hybridized carbons (Fsp3) is 0.370. The molecule has 1 N–H and O–H groups in total. The summed E-state index contributed by atoms with van der Waals surface area (Å²) in [5.41, 5.74) is 3.37. The Morgan fingerprint density at radius 2 is 1.78 bits per heavy atom. The Bertz CT molecular complexity index is 1180. The third kappa shape index (κ3) is 5.79. The number of rotatable bonds is 8. The molecule has 1 saturated heterocycles. The first-order chi connectivity index (χ1) is 17.5. The minimum atomic E-state index is -0.254. The smallest absolute Gasteiger partial charge is 0.409 e. The molecular formula is C27H32N4O5. The molecule has 9 heteroatoms. The van der Waals surface area contributed by atoms with Gasteiger partial charge < -0.3 is 29.1 Å². The summed E-state index contributed by atoms with van der Waals surface area (Å²) in [6.07, 6.45) is 1.62. The van der Waals surface area contributed by atoms with Gasteiger partial charge in [-0.3, -0.25) is 4.79 Å². The van der Waals surface area contributed by atoms with Crippen molar-refractivity contribution in [3.63, 3.8) is 0 Å². The molecule has 1 fully saturated rings. The van der Waals surface area contributed by atoms with Gasteiger partial charge in [-0.15, -0.1) is 0 Å². The number of methoxy groups -OCH3 is 1. The van der Waals surface area contributed by atoms with Crippen LogP contribution < -0.4 is 15.0 Å². The number of piperazine rings is 1. The number of carbonyl (C=O) groups excluding carboxylic acids is 2. The van der Waals surface area contributed by atoms with E-state index >= 15 is 0 Å². The average molecular weight is 493 g/mol. The van der Waals surface area contributed by atoms with E-state index in [1.165, 1.54) is 6.92 Å². The van der Waals surface area contributed by atoms with Crippen LogP contribution >= 0.6 is 0 Å². The zero-order chi connectivity index (χ0) is 25.5. The maximum atomic E-state index is 12.2. The summed E-state index contributed by atoms with van der Waals surface area (Å²) in [6.45, 7) is 6.44. The summed E-state index contributed by atoms with van der Waals surface area (Å²) < 4.78 is 16.8. The molecule has 1 aliphatic rings. The molecule has 3 aromatic rings. The van der Waals surface area contributed by atoms with E-state index in [1.54, 1.807) is 12.0 Å². The van der Waals surface area contributed by atoms with Gasteiger partial charge in [-0.1, -0.05) is 42.8 Å². The molecule has 2 aromatic carbocycles. The van der Waals surface area contributed by atoms with Gasteiger partial charge in [0.05, 0.1) is 19.3 Å². The van der Waals surface area contributed by atoms with Gasteiger partial charge in [-0.2, -0.15) is 0 Å². The number of carbonyl (C=O) groups is 2. The minimum Gasteiger partial charge on any atom is -0.495 e. The molecule has 2 amide bonds. The molecule has 0 atom stereocenters. The van der Waals surface area contributed by atoms with Crippen LogP contribution in [0.3, 0.4) is 0 Å². The van der Waals surface area contributed by atoms with Crippen LogP contribution in [0.5, 0.6) is 5.75 Å². The van der Waals surface area contributed by atoms with Crippen LogP contribution in [0.1, 0.15) is 26.7 Å². The minimum absolute atomic E-state index is 0.114. The summed E-state index contributed by atoms with van der Waals surface area (Å²) in [5.74, 6) is 1.87. The van der Waals surface area contributed by atoms with Crippen LogP contribution in [-0.2, 0) is 9.53 Å². The molecule has 0 unspecified atom stereocenters. The first-order valence-corrected chi connectivity index (χ1v) is 12.2. The summed E-state index contributed by atoms with van der Waals surface area (Å²) in [6, 6.07) is 15.3. The highest BCUT2D eigenvalue weighted by Gasteiger charge is 2.25. The fourth-order valence-electron chi connectivity index (χ4n) is 4.17. The first kappa shape index (κ1) is 25.1. The summed E-state index contributed by atoms with van der Waals surface area (Å²) in [4.78, 5) is 27.3. The van der Waals surface area contributed by atoms with E-state index in [0.29, 0.717) is 44.3 Å². The number of anilines is 2. The molecule has 0 bridgehead atoms. The zero-order valence-electron chi connectivity index (χ0n) is 21.0. The Balaban J connectivity index is 1.47. The van der Waals surface area contributed by atoms with E-state index in [0.717, 1.165) is 41.0 Å². The van der Waals surface area contributed by atoms with Crippen molar-refractivity contribution in [3.8, 4) is 28.2 Å². The van der Waals surface area contributed by atoms with Crippen molar-refractivity contribution in [1.82, 2.24) is 10.1 Å². The second-order valence-electron chi connectivity index (χ2n) is 8.64. The Hall–Kier alpha value is -4.01. The van der Waals surface area contributed by atoms with Crippen LogP contribution in [0.4, 0.5) is 16.3 Å². The monoisotopic (exact) mass is 492 g/mol. The van der Waals surface area contributed by atoms with Gasteiger partial charge in [0.25, 0.3) is 0 Å². The number of aromatic nitrogens is 1. The highest BCUT2D eigenvalue weighted by molar-refractivity contribution is 5.89. The fourth-order valence-corrected chi connectivity index (χ4v) is 4.17. The van der Waals surface area contributed by atoms with E-state index in [1.807, 2.05) is 48.5 Å². The maximum Gasteiger partial charge on any atom is 0.409 e. The van der Waals surface area contributed by atoms with Gasteiger partial charge in [0.2, 0.25) is 5.91 Å². The number of nitrogens with one attached hydrogen (secondary N) is 1. The average Bonchev–Trinajstić information content (AvgIpc) is 3.39. The normalized spacial score (nSPS) is 13.4. The molecule has 0 saturated carbocycles. The van der Waals surface area contributed by atoms with Crippen molar-refractivity contribution in [2.24, 2.45) is 0 Å². The van der Waals surface area contributed by atoms with E-state index < -0.39 is 0 Å². The van der Waals surface area contributed by atoms with Crippen LogP contribution in [0.25, 0.3) is 22.5 Å². The highest BCUT2D eigenvalue weighted by atomic mass is 16.6. The van der Waals surface area contributed by atoms with E-state index in [4.69, 9.17) is 14.0 Å². The quantitative estimate of drug-likeness (QED) is 0.440. The zero-order valence-corrected chi connectivity index (χ0v) is 21.0. The van der Waals surface area contributed by atoms with Crippen molar-refractivity contribution < 1.29 is 23.6 Å². The molecule has 0 spiro atoms. The Kier molecular flexibility index (Phi) is 8.10. The molecular weight excluding hydrogens is 460 g/mol. The van der Waals surface area contributed by atoms with Crippen LogP contribution in [-0.4, -0.2) is 62.0 Å². The summed E-state index contributed by atoms with van der Waals surface area (Å²) in [5, 5.41) is 7.06. The number of nitrogens with zero attached hydrogens (tertiary/aromatic N) is 3. The van der Waals surface area contributed by atoms with Crippen LogP contribution in [0.15, 0.2) is 53.1 Å². The third-order valence-electron chi connectivity index (χ3n) is 6.08. The predicted molar refractivity (Wildman–Crippen MR) is 138 cm³/mol. The van der Waals surface area contributed by atoms with Crippen LogP contribution in [0.2, 0.25) is 0 Å². The van der Waals surface area contributed by atoms with Gasteiger partial charge in [-0.05, 0) is 30.2 Å². The molecule has 1 aliphatic heterocycles. The third-order valence-corrected chi connectivity index (χ3v) is 6.08. The standard InChI is InChI=1S/C27H32N4O5/c1-4-5-17-35-27(33)31-15-13-30(14-16-31)25-18-24(36-29-25)23-8-6-7-22(26(23)34-3)20-9-11-21(12-10-20)28-19(2)32/h6-12,18H,4-5,13-17H2,1-3H3,(H,28,32). The largest absolute Gasteiger partial charge is 0.495 e. The Morgan fingerprint density at radius 3 is 2.44 bits per heavy atom. The van der Waals surface area contributed by atoms with E-state index in [9.17, 15) is 9.59 Å². The van der Waals surface area contributed by atoms with Gasteiger partial charge in [0.1, 0.15) is 5.75 Å². The molecule has 190 valence electrons. The molecule has 4 rings (SSSR count). The van der Waals surface area contributed by atoms with E-state index in [-0.39, 0.29) is 12.0 Å². The molecule has 9 nitrogen and oxygen atoms in total. The van der Waals surface area contributed by atoms with Crippen molar-refractivity contribution in [1.29, 1.82) is 0 Å². The Morgan fingerprint density at radius 1 is 1.06 bits per heavy atom. The maximum absolute atomic E-state index is 12.2. The predicted octanol–water partition coefficient (Wildman–Crippen LogP) is 5.03. The van der Waals surface area contributed by atoms with Crippen LogP contribution in [0, 0.1) is 0 Å². The van der Waals surface area contributed by atoms with Crippen molar-refractivity contribution >= 4 is 23.5 Å². The lowest BCUT2D eigenvalue weighted by molar-refractivity contribution is -0.114. The van der Waals surface area contributed by atoms with Gasteiger partial charge in [0, 0.05) is 50.4 Å². The number of benzene rings is 2. The highest BCUT2D eigenvalue weighted by Crippen LogP contribution is 2.40. The first-order valence-electron chi connectivity index (χ1n) is 12.2. The summed E-state index contributed by atoms with van der Waals surface area (Å²) >= 11 is 0. The Labute approximate surface area is 211 Å². The molecule has 0 aliphatic carbocycles. The second kappa shape index (κ2) is 11.6. The number of unbranched alkanes of at least 4 members (excludes halogenated alkanes) is 1. The lowest BCUT2D eigenvalue weighted by Gasteiger charge is -2.33. The van der Waals surface area contributed by atoms with Gasteiger partial charge in [0.15, 0.2) is 11.6 Å². The number of hydrogen-bond donors (Lipinski definition) is 1. The summed E-state index contributed by atoms with van der Waals surface area (Å²) in [7, 11) is 1.63. The molecule has 0 radical (unpaired) electrons. The SMILES string of the molecule is CCCCOC(=O)N1CCN(c2cc(-c3cccc(-c4ccc(NC(C)=O)cc4)c3OC)on2)CC1. The number of ether oxygens (including phenoxy) is 2. The topological polar surface area (TPSA) is 97.1 Å². The molecule has 2 heterocycles. The van der Waals surface area contributed by atoms with E-state index in [2.05, 4.69) is 22.3 Å².